The zero-order chi connectivity index (χ0) is 16.5. The summed E-state index contributed by atoms with van der Waals surface area (Å²) >= 11 is 0. The number of hydrogen-bond donors (Lipinski definition) is 3. The fraction of sp³-hybridized carbons (Fsp3) is 0.529. The average Bonchev–Trinajstić information content (AvgIpc) is 3.02. The zero-order valence-electron chi connectivity index (χ0n) is 13.7. The molecule has 0 radical (unpaired) electrons. The molecule has 128 valence electrons. The molecule has 4 rings (SSSR count). The molecule has 3 heterocycles. The van der Waals surface area contributed by atoms with E-state index in [0.717, 1.165) is 52.1 Å². The molecule has 3 N–H and O–H groups in total. The van der Waals surface area contributed by atoms with Crippen molar-refractivity contribution in [1.82, 2.24) is 25.1 Å². The minimum atomic E-state index is -0.275. The Labute approximate surface area is 140 Å². The van der Waals surface area contributed by atoms with Gasteiger partial charge in [0.05, 0.1) is 16.6 Å². The topological polar surface area (TPSA) is 84.2 Å². The van der Waals surface area contributed by atoms with E-state index >= 15 is 0 Å². The molecule has 0 bridgehead atoms. The molecule has 2 saturated heterocycles. The first-order valence-electron chi connectivity index (χ1n) is 8.67. The number of H-pyrrole nitrogens is 2. The lowest BCUT2D eigenvalue weighted by molar-refractivity contribution is 0.0553. The van der Waals surface area contributed by atoms with Crippen molar-refractivity contribution in [2.45, 2.75) is 18.9 Å². The van der Waals surface area contributed by atoms with Crippen molar-refractivity contribution < 1.29 is 4.79 Å². The number of fused-ring (bicyclic) bond motifs is 1. The van der Waals surface area contributed by atoms with Gasteiger partial charge in [0.1, 0.15) is 0 Å². The van der Waals surface area contributed by atoms with E-state index in [4.69, 9.17) is 0 Å². The van der Waals surface area contributed by atoms with Crippen LogP contribution in [0.4, 0.5) is 0 Å². The maximum Gasteiger partial charge on any atom is 0.323 e. The van der Waals surface area contributed by atoms with Gasteiger partial charge in [-0.3, -0.25) is 9.69 Å². The van der Waals surface area contributed by atoms with Crippen molar-refractivity contribution in [3.05, 3.63) is 34.2 Å². The summed E-state index contributed by atoms with van der Waals surface area (Å²) in [7, 11) is 0. The van der Waals surface area contributed by atoms with E-state index < -0.39 is 0 Å². The highest BCUT2D eigenvalue weighted by Crippen LogP contribution is 2.21. The number of nitrogens with zero attached hydrogens (tertiary/aromatic N) is 2. The van der Waals surface area contributed by atoms with Crippen LogP contribution in [0.15, 0.2) is 23.0 Å². The Morgan fingerprint density at radius 3 is 2.79 bits per heavy atom. The quantitative estimate of drug-likeness (QED) is 0.743. The lowest BCUT2D eigenvalue weighted by atomic mass is 10.0. The fourth-order valence-electron chi connectivity index (χ4n) is 3.89. The maximum atomic E-state index is 13.0. The average molecular weight is 329 g/mol. The summed E-state index contributed by atoms with van der Waals surface area (Å²) in [5, 5.41) is 3.38. The Bertz CT molecular complexity index is 790. The standard InChI is InChI=1S/C17H23N5O2/c23-16(13-4-1-5-14-15(13)20-17(24)19-14)22-8-2-3-12(11-22)21-9-6-18-7-10-21/h1,4-5,12,18H,2-3,6-11H2,(H2,19,20,24). The molecule has 2 aliphatic rings. The monoisotopic (exact) mass is 329 g/mol. The van der Waals surface area contributed by atoms with Crippen LogP contribution < -0.4 is 11.0 Å². The number of para-hydroxylation sites is 1. The van der Waals surface area contributed by atoms with Crippen LogP contribution in [0.2, 0.25) is 0 Å². The summed E-state index contributed by atoms with van der Waals surface area (Å²) in [6, 6.07) is 5.86. The van der Waals surface area contributed by atoms with Gasteiger partial charge in [0.15, 0.2) is 0 Å². The molecule has 1 amide bonds. The number of carbonyl (C=O) groups is 1. The van der Waals surface area contributed by atoms with Crippen molar-refractivity contribution in [1.29, 1.82) is 0 Å². The number of benzene rings is 1. The molecule has 24 heavy (non-hydrogen) atoms. The highest BCUT2D eigenvalue weighted by Gasteiger charge is 2.29. The number of hydrogen-bond acceptors (Lipinski definition) is 4. The number of piperazine rings is 1. The minimum absolute atomic E-state index is 0.00989. The molecule has 2 aliphatic heterocycles. The number of piperidine rings is 1. The fourth-order valence-corrected chi connectivity index (χ4v) is 3.89. The van der Waals surface area contributed by atoms with E-state index in [2.05, 4.69) is 20.2 Å². The predicted molar refractivity (Wildman–Crippen MR) is 92.3 cm³/mol. The third-order valence-corrected chi connectivity index (χ3v) is 5.13. The summed E-state index contributed by atoms with van der Waals surface area (Å²) in [4.78, 5) is 34.5. The van der Waals surface area contributed by atoms with Gasteiger partial charge in [-0.05, 0) is 25.0 Å². The van der Waals surface area contributed by atoms with Crippen LogP contribution in [0.1, 0.15) is 23.2 Å². The zero-order valence-corrected chi connectivity index (χ0v) is 13.7. The van der Waals surface area contributed by atoms with E-state index in [1.54, 1.807) is 6.07 Å². The number of likely N-dealkylation sites (tertiary alicyclic amines) is 1. The Morgan fingerprint density at radius 1 is 1.12 bits per heavy atom. The third-order valence-electron chi connectivity index (χ3n) is 5.13. The van der Waals surface area contributed by atoms with Crippen LogP contribution in [0.3, 0.4) is 0 Å². The number of rotatable bonds is 2. The van der Waals surface area contributed by atoms with Gasteiger partial charge < -0.3 is 20.2 Å². The second kappa shape index (κ2) is 6.41. The van der Waals surface area contributed by atoms with Crippen molar-refractivity contribution in [2.24, 2.45) is 0 Å². The SMILES string of the molecule is O=C(c1cccc2[nH]c(=O)[nH]c12)N1CCCC(N2CCNCC2)C1. The first-order valence-corrected chi connectivity index (χ1v) is 8.67. The number of aromatic amines is 2. The molecule has 7 heteroatoms. The molecule has 1 aromatic heterocycles. The lowest BCUT2D eigenvalue weighted by Crippen LogP contribution is -2.55. The highest BCUT2D eigenvalue weighted by molar-refractivity contribution is 6.04. The minimum Gasteiger partial charge on any atom is -0.337 e. The molecule has 2 fully saturated rings. The normalized spacial score (nSPS) is 22.8. The Morgan fingerprint density at radius 2 is 1.96 bits per heavy atom. The van der Waals surface area contributed by atoms with Gasteiger partial charge in [0, 0.05) is 45.3 Å². The van der Waals surface area contributed by atoms with E-state index in [1.165, 1.54) is 0 Å². The molecule has 0 saturated carbocycles. The summed E-state index contributed by atoms with van der Waals surface area (Å²) < 4.78 is 0. The summed E-state index contributed by atoms with van der Waals surface area (Å²) in [6.45, 7) is 5.69. The van der Waals surface area contributed by atoms with E-state index in [9.17, 15) is 9.59 Å². The van der Waals surface area contributed by atoms with Crippen LogP contribution in [-0.4, -0.2) is 71.0 Å². The Kier molecular flexibility index (Phi) is 4.12. The Hall–Kier alpha value is -2.12. The van der Waals surface area contributed by atoms with Gasteiger partial charge in [-0.2, -0.15) is 0 Å². The van der Waals surface area contributed by atoms with Crippen molar-refractivity contribution >= 4 is 16.9 Å². The Balaban J connectivity index is 1.55. The maximum absolute atomic E-state index is 13.0. The van der Waals surface area contributed by atoms with E-state index in [1.807, 2.05) is 17.0 Å². The van der Waals surface area contributed by atoms with Gasteiger partial charge in [0.2, 0.25) is 0 Å². The molecule has 0 spiro atoms. The molecule has 0 aliphatic carbocycles. The summed E-state index contributed by atoms with van der Waals surface area (Å²) in [5.41, 5.74) is 1.59. The molecule has 1 aromatic carbocycles. The largest absolute Gasteiger partial charge is 0.337 e. The van der Waals surface area contributed by atoms with Gasteiger partial charge in [0.25, 0.3) is 5.91 Å². The van der Waals surface area contributed by atoms with E-state index in [-0.39, 0.29) is 11.6 Å². The van der Waals surface area contributed by atoms with Crippen LogP contribution in [-0.2, 0) is 0 Å². The molecular weight excluding hydrogens is 306 g/mol. The van der Waals surface area contributed by atoms with Crippen molar-refractivity contribution in [3.8, 4) is 0 Å². The van der Waals surface area contributed by atoms with Crippen molar-refractivity contribution in [2.75, 3.05) is 39.3 Å². The van der Waals surface area contributed by atoms with Crippen LogP contribution in [0.5, 0.6) is 0 Å². The first kappa shape index (κ1) is 15.4. The molecule has 2 aromatic rings. The summed E-state index contributed by atoms with van der Waals surface area (Å²) in [5.74, 6) is 0.00989. The first-order chi connectivity index (χ1) is 11.7. The number of carbonyl (C=O) groups excluding carboxylic acids is 1. The van der Waals surface area contributed by atoms with Gasteiger partial charge in [-0.25, -0.2) is 4.79 Å². The van der Waals surface area contributed by atoms with Crippen LogP contribution in [0.25, 0.3) is 11.0 Å². The second-order valence-corrected chi connectivity index (χ2v) is 6.64. The molecule has 1 unspecified atom stereocenters. The summed E-state index contributed by atoms with van der Waals surface area (Å²) in [6.07, 6.45) is 2.18. The lowest BCUT2D eigenvalue weighted by Gasteiger charge is -2.41. The predicted octanol–water partition coefficient (Wildman–Crippen LogP) is 0.366. The second-order valence-electron chi connectivity index (χ2n) is 6.64. The van der Waals surface area contributed by atoms with Crippen LogP contribution in [0, 0.1) is 0 Å². The van der Waals surface area contributed by atoms with Gasteiger partial charge in [-0.1, -0.05) is 6.07 Å². The van der Waals surface area contributed by atoms with Gasteiger partial charge >= 0.3 is 5.69 Å². The number of amides is 1. The van der Waals surface area contributed by atoms with Crippen molar-refractivity contribution in [3.63, 3.8) is 0 Å². The number of imidazole rings is 1. The molecule has 7 nitrogen and oxygen atoms in total. The molecular formula is C17H23N5O2. The van der Waals surface area contributed by atoms with E-state index in [0.29, 0.717) is 22.6 Å². The van der Waals surface area contributed by atoms with Crippen LogP contribution >= 0.6 is 0 Å². The third kappa shape index (κ3) is 2.85. The molecule has 1 atom stereocenters. The smallest absolute Gasteiger partial charge is 0.323 e. The van der Waals surface area contributed by atoms with Gasteiger partial charge in [-0.15, -0.1) is 0 Å². The number of nitrogens with one attached hydrogen (secondary N) is 3. The highest BCUT2D eigenvalue weighted by atomic mass is 16.2. The number of aromatic nitrogens is 2.